The smallest absolute Gasteiger partial charge is 0.0332 e. The maximum absolute atomic E-state index is 2.53. The van der Waals surface area contributed by atoms with Crippen LogP contribution in [0.1, 0.15) is 65.7 Å². The van der Waals surface area contributed by atoms with Crippen LogP contribution in [-0.4, -0.2) is 0 Å². The van der Waals surface area contributed by atoms with Crippen molar-refractivity contribution >= 4 is 0 Å². The van der Waals surface area contributed by atoms with Gasteiger partial charge in [-0.25, -0.2) is 0 Å². The molecule has 0 aromatic heterocycles. The summed E-state index contributed by atoms with van der Waals surface area (Å²) in [6, 6.07) is 0. The minimum atomic E-state index is 0.994. The van der Waals surface area contributed by atoms with Gasteiger partial charge in [0.05, 0.1) is 0 Å². The van der Waals surface area contributed by atoms with Gasteiger partial charge in [-0.05, 0) is 42.4 Å². The normalized spacial score (nSPS) is 41.8. The van der Waals surface area contributed by atoms with E-state index in [-0.39, 0.29) is 0 Å². The lowest BCUT2D eigenvalue weighted by atomic mass is 9.77. The third-order valence-electron chi connectivity index (χ3n) is 5.21. The van der Waals surface area contributed by atoms with Gasteiger partial charge in [0, 0.05) is 0 Å². The van der Waals surface area contributed by atoms with E-state index in [4.69, 9.17) is 0 Å². The second-order valence-electron chi connectivity index (χ2n) is 6.26. The van der Waals surface area contributed by atoms with E-state index in [1.807, 2.05) is 0 Å². The third-order valence-corrected chi connectivity index (χ3v) is 5.21. The number of hydrogen-bond acceptors (Lipinski definition) is 0. The van der Waals surface area contributed by atoms with Crippen molar-refractivity contribution in [3.05, 3.63) is 0 Å². The predicted octanol–water partition coefficient (Wildman–Crippen LogP) is 4.89. The molecule has 0 spiro atoms. The zero-order valence-electron chi connectivity index (χ0n) is 10.8. The number of hydrogen-bond donors (Lipinski definition) is 0. The van der Waals surface area contributed by atoms with Crippen LogP contribution in [0.25, 0.3) is 0 Å². The summed E-state index contributed by atoms with van der Waals surface area (Å²) in [6.45, 7) is 7.37. The van der Waals surface area contributed by atoms with Crippen LogP contribution in [0.4, 0.5) is 0 Å². The van der Waals surface area contributed by atoms with Gasteiger partial charge in [-0.15, -0.1) is 0 Å². The molecular formula is C15H28. The first kappa shape index (κ1) is 11.5. The van der Waals surface area contributed by atoms with Crippen molar-refractivity contribution < 1.29 is 0 Å². The summed E-state index contributed by atoms with van der Waals surface area (Å²) in [7, 11) is 0. The highest BCUT2D eigenvalue weighted by Crippen LogP contribution is 2.53. The van der Waals surface area contributed by atoms with Crippen molar-refractivity contribution in [2.75, 3.05) is 0 Å². The Morgan fingerprint density at radius 3 is 2.80 bits per heavy atom. The van der Waals surface area contributed by atoms with E-state index in [2.05, 4.69) is 20.8 Å². The van der Waals surface area contributed by atoms with Crippen molar-refractivity contribution in [3.8, 4) is 0 Å². The van der Waals surface area contributed by atoms with E-state index in [1.54, 1.807) is 19.3 Å². The third kappa shape index (κ3) is 2.24. The van der Waals surface area contributed by atoms with Crippen LogP contribution in [0.15, 0.2) is 0 Å². The molecule has 0 heteroatoms. The molecule has 0 radical (unpaired) electrons. The molecule has 0 nitrogen and oxygen atoms in total. The van der Waals surface area contributed by atoms with Crippen molar-refractivity contribution in [2.24, 2.45) is 29.6 Å². The summed E-state index contributed by atoms with van der Waals surface area (Å²) in [6.07, 6.45) is 10.5. The molecule has 0 aliphatic heterocycles. The molecule has 2 aliphatic rings. The molecule has 0 N–H and O–H groups in total. The number of fused-ring (bicyclic) bond motifs is 1. The molecular weight excluding hydrogens is 180 g/mol. The molecule has 0 saturated heterocycles. The summed E-state index contributed by atoms with van der Waals surface area (Å²) < 4.78 is 0. The second kappa shape index (κ2) is 4.89. The van der Waals surface area contributed by atoms with Gasteiger partial charge in [-0.2, -0.15) is 0 Å². The Labute approximate surface area is 95.8 Å². The molecule has 0 amide bonds. The first-order valence-electron chi connectivity index (χ1n) is 7.24. The summed E-state index contributed by atoms with van der Waals surface area (Å²) in [5, 5.41) is 0. The van der Waals surface area contributed by atoms with Gasteiger partial charge in [0.25, 0.3) is 0 Å². The maximum Gasteiger partial charge on any atom is -0.0332 e. The Balaban J connectivity index is 1.94. The molecule has 5 unspecified atom stereocenters. The van der Waals surface area contributed by atoms with Crippen LogP contribution in [0, 0.1) is 29.6 Å². The van der Waals surface area contributed by atoms with E-state index < -0.39 is 0 Å². The highest BCUT2D eigenvalue weighted by molar-refractivity contribution is 4.94. The largest absolute Gasteiger partial charge is 0.0654 e. The Morgan fingerprint density at radius 2 is 2.07 bits per heavy atom. The van der Waals surface area contributed by atoms with E-state index in [1.165, 1.54) is 25.7 Å². The average Bonchev–Trinajstić information content (AvgIpc) is 2.73. The van der Waals surface area contributed by atoms with Gasteiger partial charge >= 0.3 is 0 Å². The van der Waals surface area contributed by atoms with Crippen LogP contribution in [0.5, 0.6) is 0 Å². The maximum atomic E-state index is 2.53. The van der Waals surface area contributed by atoms with Crippen LogP contribution >= 0.6 is 0 Å². The fraction of sp³-hybridized carbons (Fsp3) is 1.00. The quantitative estimate of drug-likeness (QED) is 0.617. The molecule has 0 bridgehead atoms. The molecule has 2 saturated carbocycles. The molecule has 5 atom stereocenters. The minimum absolute atomic E-state index is 0.994. The van der Waals surface area contributed by atoms with Crippen molar-refractivity contribution in [2.45, 2.75) is 65.7 Å². The Morgan fingerprint density at radius 1 is 1.27 bits per heavy atom. The molecule has 88 valence electrons. The minimum Gasteiger partial charge on any atom is -0.0654 e. The fourth-order valence-electron chi connectivity index (χ4n) is 4.62. The van der Waals surface area contributed by atoms with Gasteiger partial charge in [-0.1, -0.05) is 52.9 Å². The van der Waals surface area contributed by atoms with Gasteiger partial charge < -0.3 is 0 Å². The predicted molar refractivity (Wildman–Crippen MR) is 66.8 cm³/mol. The lowest BCUT2D eigenvalue weighted by Gasteiger charge is -2.28. The Kier molecular flexibility index (Phi) is 3.74. The molecule has 2 rings (SSSR count). The van der Waals surface area contributed by atoms with Crippen LogP contribution in [0.3, 0.4) is 0 Å². The van der Waals surface area contributed by atoms with Crippen molar-refractivity contribution in [1.29, 1.82) is 0 Å². The zero-order chi connectivity index (χ0) is 10.8. The molecule has 0 aromatic rings. The SMILES string of the molecule is CCCCC(C)C1C(C)CC2CCCC21. The highest BCUT2D eigenvalue weighted by Gasteiger charge is 2.44. The zero-order valence-corrected chi connectivity index (χ0v) is 10.8. The summed E-state index contributed by atoms with van der Waals surface area (Å²) in [5.74, 6) is 5.32. The summed E-state index contributed by atoms with van der Waals surface area (Å²) in [5.41, 5.74) is 0. The van der Waals surface area contributed by atoms with E-state index in [9.17, 15) is 0 Å². The monoisotopic (exact) mass is 208 g/mol. The molecule has 0 heterocycles. The molecule has 2 fully saturated rings. The second-order valence-corrected chi connectivity index (χ2v) is 6.26. The van der Waals surface area contributed by atoms with E-state index in [0.717, 1.165) is 29.6 Å². The summed E-state index contributed by atoms with van der Waals surface area (Å²) >= 11 is 0. The Hall–Kier alpha value is 0. The number of unbranched alkanes of at least 4 members (excludes halogenated alkanes) is 1. The first-order valence-corrected chi connectivity index (χ1v) is 7.24. The first-order chi connectivity index (χ1) is 7.24. The molecule has 2 aliphatic carbocycles. The topological polar surface area (TPSA) is 0 Å². The molecule has 15 heavy (non-hydrogen) atoms. The van der Waals surface area contributed by atoms with Crippen LogP contribution in [-0.2, 0) is 0 Å². The van der Waals surface area contributed by atoms with Gasteiger partial charge in [0.1, 0.15) is 0 Å². The Bertz CT molecular complexity index is 196. The number of rotatable bonds is 4. The molecule has 0 aromatic carbocycles. The standard InChI is InChI=1S/C15H28/c1-4-5-7-11(2)15-12(3)10-13-8-6-9-14(13)15/h11-15H,4-10H2,1-3H3. The van der Waals surface area contributed by atoms with Gasteiger partial charge in [-0.3, -0.25) is 0 Å². The van der Waals surface area contributed by atoms with Crippen molar-refractivity contribution in [1.82, 2.24) is 0 Å². The van der Waals surface area contributed by atoms with E-state index in [0.29, 0.717) is 0 Å². The van der Waals surface area contributed by atoms with Crippen LogP contribution < -0.4 is 0 Å². The lowest BCUT2D eigenvalue weighted by Crippen LogP contribution is -2.21. The highest BCUT2D eigenvalue weighted by atomic mass is 14.5. The van der Waals surface area contributed by atoms with Crippen LogP contribution in [0.2, 0.25) is 0 Å². The van der Waals surface area contributed by atoms with Crippen molar-refractivity contribution in [3.63, 3.8) is 0 Å². The average molecular weight is 208 g/mol. The van der Waals surface area contributed by atoms with E-state index >= 15 is 0 Å². The fourth-order valence-corrected chi connectivity index (χ4v) is 4.62. The van der Waals surface area contributed by atoms with Gasteiger partial charge in [0.15, 0.2) is 0 Å². The van der Waals surface area contributed by atoms with Gasteiger partial charge in [0.2, 0.25) is 0 Å². The lowest BCUT2D eigenvalue weighted by molar-refractivity contribution is 0.207. The summed E-state index contributed by atoms with van der Waals surface area (Å²) in [4.78, 5) is 0.